The Morgan fingerprint density at radius 3 is 1.78 bits per heavy atom. The summed E-state index contributed by atoms with van der Waals surface area (Å²) in [4.78, 5) is 2.17. The molecule has 128 valence electrons. The van der Waals surface area contributed by atoms with Gasteiger partial charge in [-0.3, -0.25) is 0 Å². The molecule has 0 radical (unpaired) electrons. The maximum absolute atomic E-state index is 12.1. The summed E-state index contributed by atoms with van der Waals surface area (Å²) < 4.78 is 0. The monoisotopic (exact) mass is 315 g/mol. The lowest BCUT2D eigenvalue weighted by Crippen LogP contribution is -2.45. The van der Waals surface area contributed by atoms with Gasteiger partial charge < -0.3 is 10.0 Å². The molecular formula is C21H33NO. The van der Waals surface area contributed by atoms with Crippen LogP contribution in [0.1, 0.15) is 69.8 Å². The summed E-state index contributed by atoms with van der Waals surface area (Å²) in [6.07, 6.45) is 12.6. The molecule has 2 heteroatoms. The number of rotatable bonds is 4. The number of hydrogen-bond acceptors (Lipinski definition) is 2. The van der Waals surface area contributed by atoms with Crippen LogP contribution >= 0.6 is 0 Å². The number of aliphatic hydroxyl groups is 1. The zero-order valence-corrected chi connectivity index (χ0v) is 14.9. The predicted octanol–water partition coefficient (Wildman–Crippen LogP) is 5.10. The minimum atomic E-state index is -0.637. The molecule has 2 nitrogen and oxygen atoms in total. The molecule has 2 fully saturated rings. The van der Waals surface area contributed by atoms with Crippen molar-refractivity contribution in [2.45, 2.75) is 69.8 Å². The smallest absolute Gasteiger partial charge is 0.0972 e. The van der Waals surface area contributed by atoms with E-state index in [2.05, 4.69) is 43.3 Å². The number of para-hydroxylation sites is 1. The average Bonchev–Trinajstić information content (AvgIpc) is 2.62. The number of anilines is 1. The second-order valence-electron chi connectivity index (χ2n) is 7.91. The highest BCUT2D eigenvalue weighted by atomic mass is 16.3. The topological polar surface area (TPSA) is 23.5 Å². The van der Waals surface area contributed by atoms with Crippen molar-refractivity contribution in [2.75, 3.05) is 19.0 Å². The molecule has 2 aliphatic carbocycles. The van der Waals surface area contributed by atoms with E-state index in [1.54, 1.807) is 0 Å². The molecule has 0 atom stereocenters. The number of hydrogen-bond donors (Lipinski definition) is 1. The van der Waals surface area contributed by atoms with Gasteiger partial charge >= 0.3 is 0 Å². The molecule has 0 bridgehead atoms. The van der Waals surface area contributed by atoms with Gasteiger partial charge in [-0.25, -0.2) is 0 Å². The van der Waals surface area contributed by atoms with Crippen LogP contribution in [0.15, 0.2) is 24.3 Å². The molecule has 1 aromatic carbocycles. The van der Waals surface area contributed by atoms with Crippen LogP contribution in [0.2, 0.25) is 0 Å². The third-order valence-corrected chi connectivity index (χ3v) is 6.27. The van der Waals surface area contributed by atoms with Gasteiger partial charge in [-0.15, -0.1) is 0 Å². The maximum Gasteiger partial charge on any atom is 0.0972 e. The van der Waals surface area contributed by atoms with Crippen LogP contribution < -0.4 is 4.90 Å². The normalized spacial score (nSPS) is 21.3. The Balaban J connectivity index is 2.03. The molecule has 0 spiro atoms. The molecule has 23 heavy (non-hydrogen) atoms. The Hall–Kier alpha value is -1.02. The molecule has 0 aliphatic heterocycles. The standard InChI is InChI=1S/C21H33NO/c1-22(2)20-16-10-9-15-19(20)21(23,17-11-5-3-6-12-17)18-13-7-4-8-14-18/h9-10,15-18,23H,3-8,11-14H2,1-2H3. The van der Waals surface area contributed by atoms with E-state index in [4.69, 9.17) is 0 Å². The summed E-state index contributed by atoms with van der Waals surface area (Å²) in [6, 6.07) is 8.57. The molecule has 1 aromatic rings. The van der Waals surface area contributed by atoms with E-state index in [9.17, 15) is 5.11 Å². The zero-order chi connectivity index (χ0) is 16.3. The summed E-state index contributed by atoms with van der Waals surface area (Å²) in [7, 11) is 4.20. The average molecular weight is 316 g/mol. The van der Waals surface area contributed by atoms with Gasteiger partial charge in [0.2, 0.25) is 0 Å². The SMILES string of the molecule is CN(C)c1ccccc1C(O)(C1CCCCC1)C1CCCCC1. The van der Waals surface area contributed by atoms with Crippen molar-refractivity contribution in [3.63, 3.8) is 0 Å². The molecule has 3 rings (SSSR count). The van der Waals surface area contributed by atoms with E-state index in [-0.39, 0.29) is 0 Å². The third-order valence-electron chi connectivity index (χ3n) is 6.27. The first kappa shape index (κ1) is 16.8. The molecule has 0 unspecified atom stereocenters. The van der Waals surface area contributed by atoms with Gasteiger partial charge in [0.1, 0.15) is 0 Å². The van der Waals surface area contributed by atoms with Crippen LogP contribution in [0.5, 0.6) is 0 Å². The minimum Gasteiger partial charge on any atom is -0.385 e. The molecule has 0 amide bonds. The Bertz CT molecular complexity index is 480. The van der Waals surface area contributed by atoms with Crippen molar-refractivity contribution in [2.24, 2.45) is 11.8 Å². The lowest BCUT2D eigenvalue weighted by Gasteiger charge is -2.47. The Labute approximate surface area is 141 Å². The predicted molar refractivity (Wildman–Crippen MR) is 97.8 cm³/mol. The van der Waals surface area contributed by atoms with Crippen LogP contribution in [0.3, 0.4) is 0 Å². The first-order chi connectivity index (χ1) is 11.1. The van der Waals surface area contributed by atoms with E-state index in [1.807, 2.05) is 0 Å². The van der Waals surface area contributed by atoms with Gasteiger partial charge in [0.25, 0.3) is 0 Å². The van der Waals surface area contributed by atoms with Crippen LogP contribution in [0.4, 0.5) is 5.69 Å². The molecule has 2 saturated carbocycles. The van der Waals surface area contributed by atoms with Gasteiger partial charge in [0.05, 0.1) is 5.60 Å². The second-order valence-corrected chi connectivity index (χ2v) is 7.91. The Morgan fingerprint density at radius 1 is 0.826 bits per heavy atom. The van der Waals surface area contributed by atoms with Crippen molar-refractivity contribution >= 4 is 5.69 Å². The highest BCUT2D eigenvalue weighted by Crippen LogP contribution is 2.50. The summed E-state index contributed by atoms with van der Waals surface area (Å²) in [6.45, 7) is 0. The summed E-state index contributed by atoms with van der Waals surface area (Å²) in [5.41, 5.74) is 1.75. The highest BCUT2D eigenvalue weighted by Gasteiger charge is 2.46. The van der Waals surface area contributed by atoms with Gasteiger partial charge in [-0.1, -0.05) is 56.7 Å². The molecule has 0 aromatic heterocycles. The molecule has 2 aliphatic rings. The summed E-state index contributed by atoms with van der Waals surface area (Å²) in [5.74, 6) is 0.862. The maximum atomic E-state index is 12.1. The van der Waals surface area contributed by atoms with Crippen molar-refractivity contribution in [3.8, 4) is 0 Å². The first-order valence-corrected chi connectivity index (χ1v) is 9.63. The van der Waals surface area contributed by atoms with Crippen LogP contribution in [0, 0.1) is 11.8 Å². The van der Waals surface area contributed by atoms with Crippen LogP contribution in [-0.2, 0) is 5.60 Å². The van der Waals surface area contributed by atoms with Crippen LogP contribution in [0.25, 0.3) is 0 Å². The lowest BCUT2D eigenvalue weighted by atomic mass is 9.63. The quantitative estimate of drug-likeness (QED) is 0.835. The van der Waals surface area contributed by atoms with Crippen LogP contribution in [-0.4, -0.2) is 19.2 Å². The Morgan fingerprint density at radius 2 is 1.30 bits per heavy atom. The summed E-state index contributed by atoms with van der Waals surface area (Å²) in [5, 5.41) is 12.1. The molecule has 0 heterocycles. The minimum absolute atomic E-state index is 0.431. The zero-order valence-electron chi connectivity index (χ0n) is 14.9. The largest absolute Gasteiger partial charge is 0.385 e. The third kappa shape index (κ3) is 3.28. The van der Waals surface area contributed by atoms with Gasteiger partial charge in [0, 0.05) is 25.3 Å². The van der Waals surface area contributed by atoms with Gasteiger partial charge in [-0.2, -0.15) is 0 Å². The fourth-order valence-corrected chi connectivity index (χ4v) is 5.06. The van der Waals surface area contributed by atoms with E-state index < -0.39 is 5.60 Å². The first-order valence-electron chi connectivity index (χ1n) is 9.63. The Kier molecular flexibility index (Phi) is 5.31. The van der Waals surface area contributed by atoms with Crippen molar-refractivity contribution in [1.29, 1.82) is 0 Å². The second kappa shape index (κ2) is 7.25. The number of nitrogens with zero attached hydrogens (tertiary/aromatic N) is 1. The van der Waals surface area contributed by atoms with Gasteiger partial charge in [0.15, 0.2) is 0 Å². The fraction of sp³-hybridized carbons (Fsp3) is 0.714. The number of benzene rings is 1. The molecule has 1 N–H and O–H groups in total. The fourth-order valence-electron chi connectivity index (χ4n) is 5.06. The molecule has 0 saturated heterocycles. The van der Waals surface area contributed by atoms with E-state index >= 15 is 0 Å². The van der Waals surface area contributed by atoms with E-state index in [0.717, 1.165) is 0 Å². The summed E-state index contributed by atoms with van der Waals surface area (Å²) >= 11 is 0. The van der Waals surface area contributed by atoms with Crippen molar-refractivity contribution in [1.82, 2.24) is 0 Å². The van der Waals surface area contributed by atoms with E-state index in [0.29, 0.717) is 11.8 Å². The lowest BCUT2D eigenvalue weighted by molar-refractivity contribution is -0.0984. The highest BCUT2D eigenvalue weighted by molar-refractivity contribution is 5.55. The van der Waals surface area contributed by atoms with Crippen molar-refractivity contribution in [3.05, 3.63) is 29.8 Å². The van der Waals surface area contributed by atoms with E-state index in [1.165, 1.54) is 75.5 Å². The molecular weight excluding hydrogens is 282 g/mol. The van der Waals surface area contributed by atoms with Gasteiger partial charge in [-0.05, 0) is 43.6 Å². The van der Waals surface area contributed by atoms with Crippen molar-refractivity contribution < 1.29 is 5.11 Å².